The third-order valence-electron chi connectivity index (χ3n) is 4.15. The summed E-state index contributed by atoms with van der Waals surface area (Å²) < 4.78 is 30.3. The number of nitrogens with zero attached hydrogens (tertiary/aromatic N) is 3. The van der Waals surface area contributed by atoms with E-state index in [-0.39, 0.29) is 5.16 Å². The number of nitrogens with one attached hydrogen (secondary N) is 1. The number of thiazole rings is 1. The van der Waals surface area contributed by atoms with E-state index in [1.807, 2.05) is 48.5 Å². The summed E-state index contributed by atoms with van der Waals surface area (Å²) in [6.07, 6.45) is 1.60. The number of sulfone groups is 1. The highest BCUT2D eigenvalue weighted by atomic mass is 32.2. The van der Waals surface area contributed by atoms with Crippen LogP contribution in [0.1, 0.15) is 11.3 Å². The molecule has 0 fully saturated rings. The number of hydrogen-bond acceptors (Lipinski definition) is 8. The van der Waals surface area contributed by atoms with Gasteiger partial charge in [-0.05, 0) is 23.8 Å². The summed E-state index contributed by atoms with van der Waals surface area (Å²) in [5, 5.41) is 3.52. The molecule has 29 heavy (non-hydrogen) atoms. The lowest BCUT2D eigenvalue weighted by Crippen LogP contribution is -2.09. The van der Waals surface area contributed by atoms with Gasteiger partial charge >= 0.3 is 0 Å². The van der Waals surface area contributed by atoms with Gasteiger partial charge in [-0.25, -0.2) is 23.4 Å². The van der Waals surface area contributed by atoms with Gasteiger partial charge in [0.2, 0.25) is 15.0 Å². The Morgan fingerprint density at radius 3 is 2.55 bits per heavy atom. The van der Waals surface area contributed by atoms with Crippen LogP contribution < -0.4 is 10.1 Å². The van der Waals surface area contributed by atoms with E-state index in [1.54, 1.807) is 13.2 Å². The van der Waals surface area contributed by atoms with Crippen molar-refractivity contribution in [3.05, 3.63) is 65.9 Å². The van der Waals surface area contributed by atoms with E-state index in [0.29, 0.717) is 23.1 Å². The van der Waals surface area contributed by atoms with Crippen molar-refractivity contribution in [3.63, 3.8) is 0 Å². The molecule has 148 valence electrons. The first-order chi connectivity index (χ1) is 13.9. The molecule has 0 spiro atoms. The molecule has 4 aromatic rings. The Morgan fingerprint density at radius 2 is 1.83 bits per heavy atom. The van der Waals surface area contributed by atoms with E-state index in [9.17, 15) is 8.42 Å². The van der Waals surface area contributed by atoms with Crippen molar-refractivity contribution in [2.45, 2.75) is 11.6 Å². The lowest BCUT2D eigenvalue weighted by molar-refractivity contribution is 0.415. The fourth-order valence-electron chi connectivity index (χ4n) is 2.79. The number of methoxy groups -OCH3 is 1. The first-order valence-electron chi connectivity index (χ1n) is 8.74. The summed E-state index contributed by atoms with van der Waals surface area (Å²) in [5.74, 6) is 1.14. The molecular weight excluding hydrogens is 408 g/mol. The van der Waals surface area contributed by atoms with Crippen LogP contribution in [-0.4, -0.2) is 36.7 Å². The lowest BCUT2D eigenvalue weighted by Gasteiger charge is -2.08. The zero-order valence-electron chi connectivity index (χ0n) is 15.8. The van der Waals surface area contributed by atoms with Gasteiger partial charge in [-0.2, -0.15) is 0 Å². The minimum absolute atomic E-state index is 0.212. The number of fused-ring (bicyclic) bond motifs is 1. The lowest BCUT2D eigenvalue weighted by atomic mass is 10.1. The average molecular weight is 427 g/mol. The molecule has 7 nitrogen and oxygen atoms in total. The third-order valence-corrected chi connectivity index (χ3v) is 5.93. The molecule has 4 rings (SSSR count). The number of ether oxygens (including phenoxy) is 1. The highest BCUT2D eigenvalue weighted by Crippen LogP contribution is 2.31. The third kappa shape index (κ3) is 4.52. The van der Waals surface area contributed by atoms with Crippen molar-refractivity contribution in [2.75, 3.05) is 18.7 Å². The fraction of sp³-hybridized carbons (Fsp3) is 0.150. The molecule has 2 heterocycles. The van der Waals surface area contributed by atoms with Gasteiger partial charge in [0.1, 0.15) is 11.6 Å². The molecule has 0 radical (unpaired) electrons. The number of rotatable bonds is 6. The fourth-order valence-corrected chi connectivity index (χ4v) is 4.24. The van der Waals surface area contributed by atoms with Crippen molar-refractivity contribution in [1.82, 2.24) is 15.0 Å². The monoisotopic (exact) mass is 426 g/mol. The summed E-state index contributed by atoms with van der Waals surface area (Å²) in [7, 11) is -1.95. The zero-order chi connectivity index (χ0) is 20.4. The Labute approximate surface area is 172 Å². The summed E-state index contributed by atoms with van der Waals surface area (Å²) >= 11 is 1.43. The summed E-state index contributed by atoms with van der Waals surface area (Å²) in [5.41, 5.74) is 2.46. The number of anilines is 2. The van der Waals surface area contributed by atoms with E-state index in [1.165, 1.54) is 11.3 Å². The molecule has 0 aliphatic carbocycles. The van der Waals surface area contributed by atoms with Gasteiger partial charge in [-0.3, -0.25) is 0 Å². The summed E-state index contributed by atoms with van der Waals surface area (Å²) in [6, 6.07) is 17.1. The largest absolute Gasteiger partial charge is 0.497 e. The second-order valence-corrected chi connectivity index (χ2v) is 9.38. The first kappa shape index (κ1) is 19.3. The highest BCUT2D eigenvalue weighted by Gasteiger charge is 2.16. The van der Waals surface area contributed by atoms with Crippen LogP contribution in [0.5, 0.6) is 5.75 Å². The smallest absolute Gasteiger partial charge is 0.248 e. The number of benzene rings is 2. The summed E-state index contributed by atoms with van der Waals surface area (Å²) in [4.78, 5) is 12.9. The maximum Gasteiger partial charge on any atom is 0.248 e. The molecule has 0 aliphatic rings. The van der Waals surface area contributed by atoms with Crippen molar-refractivity contribution < 1.29 is 13.2 Å². The van der Waals surface area contributed by atoms with Crippen LogP contribution in [-0.2, 0) is 16.3 Å². The van der Waals surface area contributed by atoms with Crippen molar-refractivity contribution in [1.29, 1.82) is 0 Å². The van der Waals surface area contributed by atoms with Gasteiger partial charge in [-0.1, -0.05) is 41.7 Å². The standard InChI is InChI=1S/C20H18N4O3S2/c1-27-15-8-9-16-17(12-15)28-19(22-16)23-18-11-14(10-13-6-4-3-5-7-13)21-20(24-18)29(2,25)26/h3-9,11-12H,10H2,1-2H3,(H,21,22,23,24). The van der Waals surface area contributed by atoms with E-state index in [0.717, 1.165) is 27.8 Å². The zero-order valence-corrected chi connectivity index (χ0v) is 17.4. The van der Waals surface area contributed by atoms with Crippen molar-refractivity contribution in [3.8, 4) is 5.75 Å². The van der Waals surface area contributed by atoms with Crippen molar-refractivity contribution >= 4 is 42.3 Å². The van der Waals surface area contributed by atoms with E-state index < -0.39 is 9.84 Å². The molecule has 0 saturated carbocycles. The molecule has 0 unspecified atom stereocenters. The van der Waals surface area contributed by atoms with E-state index >= 15 is 0 Å². The summed E-state index contributed by atoms with van der Waals surface area (Å²) in [6.45, 7) is 0. The molecule has 2 aromatic heterocycles. The molecule has 0 atom stereocenters. The molecule has 2 aromatic carbocycles. The molecule has 0 aliphatic heterocycles. The average Bonchev–Trinajstić information content (AvgIpc) is 3.09. The van der Waals surface area contributed by atoms with E-state index in [2.05, 4.69) is 20.3 Å². The topological polar surface area (TPSA) is 94.1 Å². The molecule has 9 heteroatoms. The van der Waals surface area contributed by atoms with Crippen LogP contribution >= 0.6 is 11.3 Å². The van der Waals surface area contributed by atoms with Gasteiger partial charge in [0.25, 0.3) is 0 Å². The molecule has 1 N–H and O–H groups in total. The Balaban J connectivity index is 1.69. The van der Waals surface area contributed by atoms with Crippen LogP contribution in [0, 0.1) is 0 Å². The van der Waals surface area contributed by atoms with Crippen LogP contribution in [0.3, 0.4) is 0 Å². The normalized spacial score (nSPS) is 11.5. The maximum atomic E-state index is 12.1. The number of hydrogen-bond donors (Lipinski definition) is 1. The second-order valence-electron chi connectivity index (χ2n) is 6.44. The van der Waals surface area contributed by atoms with Gasteiger partial charge in [-0.15, -0.1) is 0 Å². The molecule has 0 amide bonds. The van der Waals surface area contributed by atoms with Crippen LogP contribution in [0.15, 0.2) is 59.8 Å². The van der Waals surface area contributed by atoms with E-state index in [4.69, 9.17) is 4.74 Å². The molecular formula is C20H18N4O3S2. The van der Waals surface area contributed by atoms with Crippen LogP contribution in [0.25, 0.3) is 10.2 Å². The minimum Gasteiger partial charge on any atom is -0.497 e. The predicted octanol–water partition coefficient (Wildman–Crippen LogP) is 3.83. The highest BCUT2D eigenvalue weighted by molar-refractivity contribution is 7.90. The quantitative estimate of drug-likeness (QED) is 0.468. The van der Waals surface area contributed by atoms with Gasteiger partial charge in [0.15, 0.2) is 5.13 Å². The Hall–Kier alpha value is -3.04. The predicted molar refractivity (Wildman–Crippen MR) is 114 cm³/mol. The number of aromatic nitrogens is 3. The van der Waals surface area contributed by atoms with Gasteiger partial charge < -0.3 is 10.1 Å². The molecule has 0 bridgehead atoms. The molecule has 0 saturated heterocycles. The minimum atomic E-state index is -3.56. The maximum absolute atomic E-state index is 12.1. The van der Waals surface area contributed by atoms with Crippen LogP contribution in [0.2, 0.25) is 0 Å². The van der Waals surface area contributed by atoms with Crippen LogP contribution in [0.4, 0.5) is 10.9 Å². The van der Waals surface area contributed by atoms with Gasteiger partial charge in [0, 0.05) is 18.7 Å². The SMILES string of the molecule is COc1ccc2nc(Nc3cc(Cc4ccccc4)nc(S(C)(=O)=O)n3)sc2c1. The Kier molecular flexibility index (Phi) is 5.16. The first-order valence-corrected chi connectivity index (χ1v) is 11.4. The Morgan fingerprint density at radius 1 is 1.03 bits per heavy atom. The Bertz CT molecular complexity index is 1270. The van der Waals surface area contributed by atoms with Crippen molar-refractivity contribution in [2.24, 2.45) is 0 Å². The second kappa shape index (κ2) is 7.76. The van der Waals surface area contributed by atoms with Gasteiger partial charge in [0.05, 0.1) is 23.0 Å².